The molecule has 132 valence electrons. The molecule has 1 amide bonds. The molecule has 0 saturated heterocycles. The van der Waals surface area contributed by atoms with E-state index in [0.29, 0.717) is 5.13 Å². The van der Waals surface area contributed by atoms with E-state index in [1.165, 1.54) is 35.3 Å². The average Bonchev–Trinajstić information content (AvgIpc) is 3.15. The third-order valence-corrected chi connectivity index (χ3v) is 5.27. The monoisotopic (exact) mass is 365 g/mol. The number of amides is 1. The molecule has 6 heteroatoms. The van der Waals surface area contributed by atoms with E-state index in [9.17, 15) is 4.79 Å². The van der Waals surface area contributed by atoms with Crippen LogP contribution in [0.1, 0.15) is 24.0 Å². The minimum atomic E-state index is -0.238. The van der Waals surface area contributed by atoms with E-state index in [-0.39, 0.29) is 12.5 Å². The van der Waals surface area contributed by atoms with Crippen LogP contribution in [0.2, 0.25) is 0 Å². The Morgan fingerprint density at radius 3 is 2.69 bits per heavy atom. The first-order valence-electron chi connectivity index (χ1n) is 8.71. The molecule has 2 aromatic carbocycles. The summed E-state index contributed by atoms with van der Waals surface area (Å²) in [7, 11) is 0. The topological polar surface area (TPSA) is 64.1 Å². The molecule has 0 radical (unpaired) electrons. The molecule has 1 aromatic heterocycles. The van der Waals surface area contributed by atoms with Crippen LogP contribution in [0.5, 0.6) is 5.75 Å². The number of carbonyl (C=O) groups excluding carboxylic acids is 1. The van der Waals surface area contributed by atoms with E-state index >= 15 is 0 Å². The Balaban J connectivity index is 1.34. The Morgan fingerprint density at radius 2 is 1.85 bits per heavy atom. The molecule has 5 nitrogen and oxygen atoms in total. The Labute approximate surface area is 156 Å². The highest BCUT2D eigenvalue weighted by atomic mass is 32.1. The van der Waals surface area contributed by atoms with Gasteiger partial charge >= 0.3 is 0 Å². The number of hydrogen-bond acceptors (Lipinski definition) is 5. The van der Waals surface area contributed by atoms with Crippen LogP contribution in [0.15, 0.2) is 48.5 Å². The molecular formula is C20H19N3O2S. The van der Waals surface area contributed by atoms with Gasteiger partial charge in [-0.1, -0.05) is 47.7 Å². The van der Waals surface area contributed by atoms with Crippen LogP contribution < -0.4 is 10.1 Å². The number of ether oxygens (including phenoxy) is 1. The summed E-state index contributed by atoms with van der Waals surface area (Å²) in [6.07, 6.45) is 4.70. The molecule has 4 rings (SSSR count). The van der Waals surface area contributed by atoms with Crippen molar-refractivity contribution in [1.29, 1.82) is 0 Å². The lowest BCUT2D eigenvalue weighted by molar-refractivity contribution is -0.118. The number of anilines is 1. The highest BCUT2D eigenvalue weighted by molar-refractivity contribution is 7.18. The van der Waals surface area contributed by atoms with Crippen LogP contribution in [0, 0.1) is 0 Å². The van der Waals surface area contributed by atoms with E-state index in [2.05, 4.69) is 27.6 Å². The van der Waals surface area contributed by atoms with E-state index in [1.807, 2.05) is 36.4 Å². The van der Waals surface area contributed by atoms with E-state index < -0.39 is 0 Å². The van der Waals surface area contributed by atoms with Crippen molar-refractivity contribution in [3.05, 3.63) is 59.7 Å². The first-order valence-corrected chi connectivity index (χ1v) is 9.53. The molecule has 0 unspecified atom stereocenters. The third-order valence-electron chi connectivity index (χ3n) is 4.38. The number of benzene rings is 2. The van der Waals surface area contributed by atoms with Gasteiger partial charge in [0.1, 0.15) is 10.8 Å². The lowest BCUT2D eigenvalue weighted by atomic mass is 9.92. The number of rotatable bonds is 5. The second kappa shape index (κ2) is 7.66. The molecule has 1 aliphatic carbocycles. The number of aryl methyl sites for hydroxylation is 2. The van der Waals surface area contributed by atoms with Crippen LogP contribution in [0.25, 0.3) is 10.6 Å². The van der Waals surface area contributed by atoms with Crippen LogP contribution in [-0.2, 0) is 17.6 Å². The maximum Gasteiger partial charge on any atom is 0.264 e. The predicted molar refractivity (Wildman–Crippen MR) is 103 cm³/mol. The lowest BCUT2D eigenvalue weighted by Gasteiger charge is -2.16. The van der Waals surface area contributed by atoms with Crippen LogP contribution in [0.3, 0.4) is 0 Å². The first kappa shape index (κ1) is 16.7. The van der Waals surface area contributed by atoms with Gasteiger partial charge in [0.05, 0.1) is 0 Å². The second-order valence-corrected chi connectivity index (χ2v) is 7.23. The van der Waals surface area contributed by atoms with Gasteiger partial charge in [-0.3, -0.25) is 10.1 Å². The Morgan fingerprint density at radius 1 is 1.04 bits per heavy atom. The summed E-state index contributed by atoms with van der Waals surface area (Å²) in [5.41, 5.74) is 3.72. The molecule has 26 heavy (non-hydrogen) atoms. The Hall–Kier alpha value is -2.73. The van der Waals surface area contributed by atoms with Crippen molar-refractivity contribution < 1.29 is 9.53 Å². The van der Waals surface area contributed by atoms with Crippen LogP contribution in [0.4, 0.5) is 5.13 Å². The molecule has 0 atom stereocenters. The lowest BCUT2D eigenvalue weighted by Crippen LogP contribution is -2.20. The van der Waals surface area contributed by atoms with Crippen molar-refractivity contribution in [2.24, 2.45) is 0 Å². The van der Waals surface area contributed by atoms with Crippen molar-refractivity contribution >= 4 is 22.4 Å². The van der Waals surface area contributed by atoms with E-state index in [0.717, 1.165) is 29.2 Å². The van der Waals surface area contributed by atoms with Crippen LogP contribution in [-0.4, -0.2) is 22.7 Å². The normalized spacial score (nSPS) is 13.1. The summed E-state index contributed by atoms with van der Waals surface area (Å²) in [5.74, 6) is 0.501. The Kier molecular flexibility index (Phi) is 4.93. The van der Waals surface area contributed by atoms with Gasteiger partial charge in [0.2, 0.25) is 5.13 Å². The molecule has 0 aliphatic heterocycles. The number of hydrogen-bond donors (Lipinski definition) is 1. The van der Waals surface area contributed by atoms with Crippen molar-refractivity contribution in [3.63, 3.8) is 0 Å². The molecule has 1 N–H and O–H groups in total. The fourth-order valence-electron chi connectivity index (χ4n) is 3.07. The second-order valence-electron chi connectivity index (χ2n) is 6.25. The zero-order chi connectivity index (χ0) is 17.8. The molecular weight excluding hydrogens is 346 g/mol. The van der Waals surface area contributed by atoms with Gasteiger partial charge in [-0.2, -0.15) is 0 Å². The van der Waals surface area contributed by atoms with Gasteiger partial charge in [0, 0.05) is 5.56 Å². The van der Waals surface area contributed by atoms with Crippen molar-refractivity contribution in [3.8, 4) is 16.3 Å². The number of nitrogens with one attached hydrogen (secondary N) is 1. The maximum atomic E-state index is 12.1. The van der Waals surface area contributed by atoms with Gasteiger partial charge in [-0.15, -0.1) is 10.2 Å². The van der Waals surface area contributed by atoms with Gasteiger partial charge in [-0.05, 0) is 48.9 Å². The number of aromatic nitrogens is 2. The predicted octanol–water partition coefficient (Wildman–Crippen LogP) is 4.10. The van der Waals surface area contributed by atoms with Crippen LogP contribution >= 0.6 is 11.3 Å². The number of nitrogens with zero attached hydrogens (tertiary/aromatic N) is 2. The maximum absolute atomic E-state index is 12.1. The van der Waals surface area contributed by atoms with Gasteiger partial charge in [-0.25, -0.2) is 0 Å². The molecule has 1 aliphatic rings. The summed E-state index contributed by atoms with van der Waals surface area (Å²) in [4.78, 5) is 12.1. The zero-order valence-electron chi connectivity index (χ0n) is 14.3. The Bertz CT molecular complexity index is 908. The zero-order valence-corrected chi connectivity index (χ0v) is 15.1. The fourth-order valence-corrected chi connectivity index (χ4v) is 3.84. The molecule has 0 fully saturated rings. The quantitative estimate of drug-likeness (QED) is 0.739. The summed E-state index contributed by atoms with van der Waals surface area (Å²) < 4.78 is 5.64. The average molecular weight is 365 g/mol. The summed E-state index contributed by atoms with van der Waals surface area (Å²) in [6.45, 7) is -0.0426. The molecule has 0 spiro atoms. The van der Waals surface area contributed by atoms with E-state index in [1.54, 1.807) is 0 Å². The standard InChI is InChI=1S/C20H19N3O2S/c24-18(13-25-17-11-10-14-6-4-5-9-16(14)12-17)21-20-23-22-19(26-20)15-7-2-1-3-8-15/h1-3,7-8,10-12H,4-6,9,13H2,(H,21,23,24). The molecule has 0 bridgehead atoms. The van der Waals surface area contributed by atoms with Gasteiger partial charge < -0.3 is 4.74 Å². The third kappa shape index (κ3) is 3.91. The highest BCUT2D eigenvalue weighted by Gasteiger charge is 2.12. The highest BCUT2D eigenvalue weighted by Crippen LogP contribution is 2.27. The molecule has 0 saturated carbocycles. The van der Waals surface area contributed by atoms with Gasteiger partial charge in [0.25, 0.3) is 5.91 Å². The molecule has 1 heterocycles. The minimum Gasteiger partial charge on any atom is -0.484 e. The minimum absolute atomic E-state index is 0.0426. The van der Waals surface area contributed by atoms with E-state index in [4.69, 9.17) is 4.74 Å². The van der Waals surface area contributed by atoms with Gasteiger partial charge in [0.15, 0.2) is 6.61 Å². The fraction of sp³-hybridized carbons (Fsp3) is 0.250. The summed E-state index contributed by atoms with van der Waals surface area (Å²) in [6, 6.07) is 15.9. The summed E-state index contributed by atoms with van der Waals surface area (Å²) >= 11 is 1.34. The SMILES string of the molecule is O=C(COc1ccc2c(c1)CCCC2)Nc1nnc(-c2ccccc2)s1. The smallest absolute Gasteiger partial charge is 0.264 e. The van der Waals surface area contributed by atoms with Crippen molar-refractivity contribution in [1.82, 2.24) is 10.2 Å². The number of fused-ring (bicyclic) bond motifs is 1. The first-order chi connectivity index (χ1) is 12.8. The number of carbonyl (C=O) groups is 1. The van der Waals surface area contributed by atoms with Crippen molar-refractivity contribution in [2.75, 3.05) is 11.9 Å². The summed E-state index contributed by atoms with van der Waals surface area (Å²) in [5, 5.41) is 12.1. The van der Waals surface area contributed by atoms with Crippen molar-refractivity contribution in [2.45, 2.75) is 25.7 Å². The largest absolute Gasteiger partial charge is 0.484 e. The molecule has 3 aromatic rings.